The number of hydrogen-bond donors (Lipinski definition) is 1. The molecule has 0 aromatic heterocycles. The van der Waals surface area contributed by atoms with Crippen LogP contribution in [0, 0.1) is 11.6 Å². The topological polar surface area (TPSA) is 66.5 Å². The molecule has 0 fully saturated rings. The second-order valence-corrected chi connectivity index (χ2v) is 7.75. The van der Waals surface area contributed by atoms with Gasteiger partial charge < -0.3 is 5.32 Å². The molecule has 0 bridgehead atoms. The molecule has 2 aromatic rings. The zero-order chi connectivity index (χ0) is 21.1. The van der Waals surface area contributed by atoms with E-state index in [2.05, 4.69) is 5.32 Å². The average molecular weight is 422 g/mol. The lowest BCUT2D eigenvalue weighted by atomic mass is 10.1. The Balaban J connectivity index is 2.13. The fourth-order valence-corrected chi connectivity index (χ4v) is 3.17. The van der Waals surface area contributed by atoms with Crippen molar-refractivity contribution in [2.24, 2.45) is 0 Å². The lowest BCUT2D eigenvalue weighted by Gasteiger charge is -2.22. The molecule has 152 valence electrons. The van der Waals surface area contributed by atoms with Crippen molar-refractivity contribution in [3.8, 4) is 0 Å². The summed E-state index contributed by atoms with van der Waals surface area (Å²) in [5.74, 6) is -2.99. The number of halogens is 5. The number of anilines is 1. The molecule has 1 amide bonds. The van der Waals surface area contributed by atoms with Gasteiger partial charge in [0.15, 0.2) is 0 Å². The maximum Gasteiger partial charge on any atom is 0.416 e. The van der Waals surface area contributed by atoms with Crippen LogP contribution in [0.1, 0.15) is 11.1 Å². The van der Waals surface area contributed by atoms with Crippen LogP contribution >= 0.6 is 0 Å². The Labute approximate surface area is 157 Å². The van der Waals surface area contributed by atoms with Gasteiger partial charge in [0.25, 0.3) is 0 Å². The standard InChI is InChI=1S/C17H15F5N2O3S/c1-28(26,27)24(15-6-5-13(18)8-14(15)19)10-16(25)23-9-11-3-2-4-12(7-11)17(20,21)22/h2-8H,9-10H2,1H3,(H,23,25). The van der Waals surface area contributed by atoms with Gasteiger partial charge in [-0.15, -0.1) is 0 Å². The molecular weight excluding hydrogens is 407 g/mol. The molecule has 0 aliphatic carbocycles. The Hall–Kier alpha value is -2.69. The second kappa shape index (κ2) is 8.13. The van der Waals surface area contributed by atoms with Crippen LogP contribution in [0.15, 0.2) is 42.5 Å². The second-order valence-electron chi connectivity index (χ2n) is 5.84. The van der Waals surface area contributed by atoms with Gasteiger partial charge in [0.2, 0.25) is 15.9 Å². The van der Waals surface area contributed by atoms with Crippen LogP contribution in [-0.4, -0.2) is 27.1 Å². The number of hydrogen-bond acceptors (Lipinski definition) is 3. The van der Waals surface area contributed by atoms with E-state index in [1.807, 2.05) is 0 Å². The van der Waals surface area contributed by atoms with E-state index in [4.69, 9.17) is 0 Å². The summed E-state index contributed by atoms with van der Waals surface area (Å²) in [6.07, 6.45) is -3.82. The summed E-state index contributed by atoms with van der Waals surface area (Å²) in [7, 11) is -4.10. The number of sulfonamides is 1. The van der Waals surface area contributed by atoms with Gasteiger partial charge in [-0.25, -0.2) is 17.2 Å². The SMILES string of the molecule is CS(=O)(=O)N(CC(=O)NCc1cccc(C(F)(F)F)c1)c1ccc(F)cc1F. The van der Waals surface area contributed by atoms with Gasteiger partial charge in [-0.1, -0.05) is 12.1 Å². The van der Waals surface area contributed by atoms with Crippen molar-refractivity contribution in [3.05, 3.63) is 65.2 Å². The van der Waals surface area contributed by atoms with Crippen molar-refractivity contribution in [2.45, 2.75) is 12.7 Å². The molecule has 0 spiro atoms. The molecule has 0 saturated carbocycles. The molecule has 2 aromatic carbocycles. The number of carbonyl (C=O) groups excluding carboxylic acids is 1. The van der Waals surface area contributed by atoms with Crippen LogP contribution < -0.4 is 9.62 Å². The summed E-state index contributed by atoms with van der Waals surface area (Å²) in [5, 5.41) is 2.27. The largest absolute Gasteiger partial charge is 0.416 e. The van der Waals surface area contributed by atoms with Gasteiger partial charge in [-0.2, -0.15) is 13.2 Å². The van der Waals surface area contributed by atoms with Crippen LogP contribution in [0.25, 0.3) is 0 Å². The van der Waals surface area contributed by atoms with E-state index < -0.39 is 51.5 Å². The zero-order valence-corrected chi connectivity index (χ0v) is 15.2. The number of nitrogens with zero attached hydrogens (tertiary/aromatic N) is 1. The quantitative estimate of drug-likeness (QED) is 0.728. The van der Waals surface area contributed by atoms with Gasteiger partial charge in [0, 0.05) is 12.6 Å². The maximum atomic E-state index is 13.9. The normalized spacial score (nSPS) is 11.9. The summed E-state index contributed by atoms with van der Waals surface area (Å²) in [6.45, 7) is -1.13. The first-order valence-corrected chi connectivity index (χ1v) is 9.58. The van der Waals surface area contributed by atoms with E-state index in [-0.39, 0.29) is 12.1 Å². The highest BCUT2D eigenvalue weighted by Gasteiger charge is 2.30. The first-order chi connectivity index (χ1) is 12.9. The molecule has 0 heterocycles. The number of alkyl halides is 3. The average Bonchev–Trinajstić information content (AvgIpc) is 2.57. The van der Waals surface area contributed by atoms with E-state index in [1.54, 1.807) is 0 Å². The molecule has 0 atom stereocenters. The highest BCUT2D eigenvalue weighted by atomic mass is 32.2. The summed E-state index contributed by atoms with van der Waals surface area (Å²) in [4.78, 5) is 12.1. The predicted molar refractivity (Wildman–Crippen MR) is 91.8 cm³/mol. The lowest BCUT2D eigenvalue weighted by molar-refractivity contribution is -0.137. The molecule has 0 radical (unpaired) electrons. The van der Waals surface area contributed by atoms with Gasteiger partial charge in [-0.05, 0) is 29.8 Å². The highest BCUT2D eigenvalue weighted by Crippen LogP contribution is 2.29. The molecule has 28 heavy (non-hydrogen) atoms. The first-order valence-electron chi connectivity index (χ1n) is 7.73. The van der Waals surface area contributed by atoms with E-state index in [9.17, 15) is 35.2 Å². The molecule has 0 unspecified atom stereocenters. The Morgan fingerprint density at radius 2 is 1.79 bits per heavy atom. The van der Waals surface area contributed by atoms with Crippen LogP contribution in [0.5, 0.6) is 0 Å². The molecule has 0 aliphatic heterocycles. The third-order valence-corrected chi connectivity index (χ3v) is 4.74. The number of benzene rings is 2. The van der Waals surface area contributed by atoms with Crippen molar-refractivity contribution in [1.82, 2.24) is 5.32 Å². The van der Waals surface area contributed by atoms with Crippen molar-refractivity contribution in [3.63, 3.8) is 0 Å². The van der Waals surface area contributed by atoms with Gasteiger partial charge in [0.05, 0.1) is 17.5 Å². The van der Waals surface area contributed by atoms with E-state index >= 15 is 0 Å². The van der Waals surface area contributed by atoms with Crippen molar-refractivity contribution < 1.29 is 35.2 Å². The summed E-state index contributed by atoms with van der Waals surface area (Å²) in [5.41, 5.74) is -1.29. The van der Waals surface area contributed by atoms with Gasteiger partial charge >= 0.3 is 6.18 Å². The van der Waals surface area contributed by atoms with Crippen LogP contribution in [-0.2, 0) is 27.5 Å². The van der Waals surface area contributed by atoms with Crippen molar-refractivity contribution in [1.29, 1.82) is 0 Å². The first kappa shape index (κ1) is 21.6. The lowest BCUT2D eigenvalue weighted by Crippen LogP contribution is -2.40. The van der Waals surface area contributed by atoms with Crippen LogP contribution in [0.3, 0.4) is 0 Å². The summed E-state index contributed by atoms with van der Waals surface area (Å²) >= 11 is 0. The molecule has 5 nitrogen and oxygen atoms in total. The van der Waals surface area contributed by atoms with E-state index in [0.29, 0.717) is 10.4 Å². The summed E-state index contributed by atoms with van der Waals surface area (Å²) < 4.78 is 89.3. The third-order valence-electron chi connectivity index (χ3n) is 3.61. The number of amides is 1. The molecule has 0 aliphatic rings. The van der Waals surface area contributed by atoms with Crippen LogP contribution in [0.4, 0.5) is 27.6 Å². The number of carbonyl (C=O) groups is 1. The Kier molecular flexibility index (Phi) is 6.27. The molecule has 1 N–H and O–H groups in total. The molecular formula is C17H15F5N2O3S. The maximum absolute atomic E-state index is 13.9. The fraction of sp³-hybridized carbons (Fsp3) is 0.235. The van der Waals surface area contributed by atoms with Crippen molar-refractivity contribution in [2.75, 3.05) is 17.1 Å². The third kappa shape index (κ3) is 5.65. The highest BCUT2D eigenvalue weighted by molar-refractivity contribution is 7.92. The van der Waals surface area contributed by atoms with E-state index in [1.165, 1.54) is 12.1 Å². The minimum atomic E-state index is -4.55. The smallest absolute Gasteiger partial charge is 0.350 e. The van der Waals surface area contributed by atoms with Gasteiger partial charge in [-0.3, -0.25) is 9.10 Å². The van der Waals surface area contributed by atoms with Crippen molar-refractivity contribution >= 4 is 21.6 Å². The van der Waals surface area contributed by atoms with Gasteiger partial charge in [0.1, 0.15) is 18.2 Å². The number of nitrogens with one attached hydrogen (secondary N) is 1. The Morgan fingerprint density at radius 1 is 1.11 bits per heavy atom. The number of rotatable bonds is 6. The molecule has 0 saturated heterocycles. The molecule has 2 rings (SSSR count). The predicted octanol–water partition coefficient (Wildman–Crippen LogP) is 3.07. The zero-order valence-electron chi connectivity index (χ0n) is 14.4. The van der Waals surface area contributed by atoms with E-state index in [0.717, 1.165) is 30.5 Å². The summed E-state index contributed by atoms with van der Waals surface area (Å²) in [6, 6.07) is 6.39. The minimum Gasteiger partial charge on any atom is -0.350 e. The minimum absolute atomic E-state index is 0.141. The Bertz CT molecular complexity index is 977. The monoisotopic (exact) mass is 422 g/mol. The fourth-order valence-electron chi connectivity index (χ4n) is 2.31. The molecule has 11 heteroatoms. The Morgan fingerprint density at radius 3 is 2.36 bits per heavy atom. The van der Waals surface area contributed by atoms with Crippen LogP contribution in [0.2, 0.25) is 0 Å².